The van der Waals surface area contributed by atoms with E-state index >= 15 is 0 Å². The van der Waals surface area contributed by atoms with E-state index in [1.54, 1.807) is 25.1 Å². The van der Waals surface area contributed by atoms with Crippen molar-refractivity contribution in [2.24, 2.45) is 0 Å². The molecular weight excluding hydrogens is 379 g/mol. The van der Waals surface area contributed by atoms with Gasteiger partial charge >= 0.3 is 6.80 Å². The minimum absolute atomic E-state index is 0.140. The topological polar surface area (TPSA) is 52.6 Å². The van der Waals surface area contributed by atoms with Crippen LogP contribution >= 0.6 is 29.8 Å². The largest absolute Gasteiger partial charge is 0.440 e. The van der Waals surface area contributed by atoms with Crippen LogP contribution in [0.25, 0.3) is 11.1 Å². The van der Waals surface area contributed by atoms with Gasteiger partial charge in [0.25, 0.3) is 0 Å². The van der Waals surface area contributed by atoms with Gasteiger partial charge in [-0.1, -0.05) is 48.9 Å². The molecule has 0 saturated heterocycles. The van der Waals surface area contributed by atoms with Gasteiger partial charge in [0.2, 0.25) is 0 Å². The molecular formula is C18H18ClO4PS. The molecule has 0 amide bonds. The molecule has 3 rings (SSSR count). The summed E-state index contributed by atoms with van der Waals surface area (Å²) in [6, 6.07) is 10.8. The third kappa shape index (κ3) is 3.52. The molecule has 1 aliphatic rings. The summed E-state index contributed by atoms with van der Waals surface area (Å²) in [5.41, 5.74) is 2.52. The second kappa shape index (κ2) is 7.55. The molecule has 0 saturated carbocycles. The molecule has 1 atom stereocenters. The first-order chi connectivity index (χ1) is 12.0. The Balaban J connectivity index is 2.07. The van der Waals surface area contributed by atoms with Gasteiger partial charge in [0, 0.05) is 11.3 Å². The molecule has 7 heteroatoms. The lowest BCUT2D eigenvalue weighted by atomic mass is 10.1. The van der Waals surface area contributed by atoms with Crippen molar-refractivity contribution in [1.29, 1.82) is 0 Å². The smallest absolute Gasteiger partial charge is 0.415 e. The lowest BCUT2D eigenvalue weighted by Crippen LogP contribution is -2.03. The highest BCUT2D eigenvalue weighted by Crippen LogP contribution is 2.62. The van der Waals surface area contributed by atoms with E-state index in [1.165, 1.54) is 0 Å². The summed E-state index contributed by atoms with van der Waals surface area (Å²) >= 11 is 7.42. The standard InChI is InChI=1S/C18H18ClO4PS/c1-3-11-25-24(21,22-4-2)23-18-15(19)10-9-13-12-7-5-6-8-14(12)17(20)16(13)18/h5-10H,3-4,11H2,1-2H3. The van der Waals surface area contributed by atoms with Crippen molar-refractivity contribution in [3.63, 3.8) is 0 Å². The molecule has 1 unspecified atom stereocenters. The molecule has 4 nitrogen and oxygen atoms in total. The maximum atomic E-state index is 13.0. The van der Waals surface area contributed by atoms with Gasteiger partial charge in [-0.15, -0.1) is 0 Å². The van der Waals surface area contributed by atoms with E-state index in [9.17, 15) is 9.36 Å². The normalized spacial score (nSPS) is 14.8. The van der Waals surface area contributed by atoms with Crippen LogP contribution in [0.15, 0.2) is 36.4 Å². The zero-order valence-electron chi connectivity index (χ0n) is 14.0. The van der Waals surface area contributed by atoms with Gasteiger partial charge in [0.05, 0.1) is 17.2 Å². The molecule has 132 valence electrons. The number of benzene rings is 2. The first kappa shape index (κ1) is 18.5. The van der Waals surface area contributed by atoms with E-state index in [4.69, 9.17) is 20.6 Å². The molecule has 1 aliphatic carbocycles. The van der Waals surface area contributed by atoms with Gasteiger partial charge in [-0.2, -0.15) is 0 Å². The fraction of sp³-hybridized carbons (Fsp3) is 0.278. The quantitative estimate of drug-likeness (QED) is 0.444. The average molecular weight is 397 g/mol. The Morgan fingerprint density at radius 2 is 1.80 bits per heavy atom. The van der Waals surface area contributed by atoms with Crippen molar-refractivity contribution < 1.29 is 18.4 Å². The number of halogens is 1. The van der Waals surface area contributed by atoms with Gasteiger partial charge in [-0.3, -0.25) is 9.32 Å². The van der Waals surface area contributed by atoms with Crippen LogP contribution in [0, 0.1) is 0 Å². The van der Waals surface area contributed by atoms with E-state index in [1.807, 2.05) is 25.1 Å². The van der Waals surface area contributed by atoms with Crippen molar-refractivity contribution >= 4 is 35.6 Å². The predicted octanol–water partition coefficient (Wildman–Crippen LogP) is 6.22. The summed E-state index contributed by atoms with van der Waals surface area (Å²) in [4.78, 5) is 12.8. The van der Waals surface area contributed by atoms with Crippen molar-refractivity contribution in [1.82, 2.24) is 0 Å². The zero-order chi connectivity index (χ0) is 18.0. The van der Waals surface area contributed by atoms with Gasteiger partial charge in [-0.05, 0) is 41.9 Å². The lowest BCUT2D eigenvalue weighted by Gasteiger charge is -2.20. The maximum absolute atomic E-state index is 13.0. The number of carbonyl (C=O) groups is 1. The number of rotatable bonds is 7. The Kier molecular flexibility index (Phi) is 5.59. The summed E-state index contributed by atoms with van der Waals surface area (Å²) < 4.78 is 24.2. The Morgan fingerprint density at radius 3 is 2.48 bits per heavy atom. The summed E-state index contributed by atoms with van der Waals surface area (Å²) in [5.74, 6) is 0.588. The molecule has 0 heterocycles. The number of hydrogen-bond donors (Lipinski definition) is 0. The summed E-state index contributed by atoms with van der Waals surface area (Å²) in [6.45, 7) is 0.519. The SMILES string of the molecule is CCCSP(=O)(OCC)Oc1c(Cl)ccc2c1C(=O)c1ccccc1-2. The Morgan fingerprint density at radius 1 is 1.08 bits per heavy atom. The lowest BCUT2D eigenvalue weighted by molar-refractivity contribution is 0.104. The fourth-order valence-electron chi connectivity index (χ4n) is 2.71. The average Bonchev–Trinajstić information content (AvgIpc) is 2.89. The summed E-state index contributed by atoms with van der Waals surface area (Å²) in [6.07, 6.45) is 0.829. The van der Waals surface area contributed by atoms with Crippen molar-refractivity contribution in [3.8, 4) is 16.9 Å². The highest BCUT2D eigenvalue weighted by atomic mass is 35.5. The second-order valence-corrected chi connectivity index (χ2v) is 9.99. The molecule has 0 aromatic heterocycles. The van der Waals surface area contributed by atoms with Gasteiger partial charge in [0.15, 0.2) is 11.5 Å². The number of fused-ring (bicyclic) bond motifs is 3. The van der Waals surface area contributed by atoms with Crippen LogP contribution in [-0.2, 0) is 9.09 Å². The highest BCUT2D eigenvalue weighted by Gasteiger charge is 2.35. The monoisotopic (exact) mass is 396 g/mol. The summed E-state index contributed by atoms with van der Waals surface area (Å²) in [5, 5.41) is 0.247. The molecule has 2 aromatic carbocycles. The van der Waals surface area contributed by atoms with Crippen molar-refractivity contribution in [3.05, 3.63) is 52.5 Å². The Labute approximate surface area is 156 Å². The van der Waals surface area contributed by atoms with Crippen LogP contribution < -0.4 is 4.52 Å². The minimum atomic E-state index is -3.46. The second-order valence-electron chi connectivity index (χ2n) is 5.46. The van der Waals surface area contributed by atoms with Crippen LogP contribution in [0.1, 0.15) is 36.2 Å². The van der Waals surface area contributed by atoms with Crippen LogP contribution in [0.5, 0.6) is 5.75 Å². The fourth-order valence-corrected chi connectivity index (χ4v) is 6.42. The van der Waals surface area contributed by atoms with E-state index in [0.717, 1.165) is 28.9 Å². The van der Waals surface area contributed by atoms with Crippen LogP contribution in [-0.4, -0.2) is 18.1 Å². The first-order valence-electron chi connectivity index (χ1n) is 8.06. The van der Waals surface area contributed by atoms with E-state index in [2.05, 4.69) is 0 Å². The number of ketones is 1. The number of hydrogen-bond acceptors (Lipinski definition) is 5. The van der Waals surface area contributed by atoms with E-state index in [0.29, 0.717) is 16.9 Å². The highest BCUT2D eigenvalue weighted by molar-refractivity contribution is 8.55. The van der Waals surface area contributed by atoms with Crippen molar-refractivity contribution in [2.45, 2.75) is 20.3 Å². The van der Waals surface area contributed by atoms with Crippen molar-refractivity contribution in [2.75, 3.05) is 12.4 Å². The molecule has 0 N–H and O–H groups in total. The number of carbonyl (C=O) groups excluding carboxylic acids is 1. The van der Waals surface area contributed by atoms with Crippen LogP contribution in [0.3, 0.4) is 0 Å². The maximum Gasteiger partial charge on any atom is 0.440 e. The molecule has 0 radical (unpaired) electrons. The third-order valence-electron chi connectivity index (χ3n) is 3.74. The zero-order valence-corrected chi connectivity index (χ0v) is 16.4. The molecule has 2 aromatic rings. The first-order valence-corrected chi connectivity index (χ1v) is 11.6. The molecule has 25 heavy (non-hydrogen) atoms. The minimum Gasteiger partial charge on any atom is -0.415 e. The molecule has 0 bridgehead atoms. The van der Waals surface area contributed by atoms with Crippen LogP contribution in [0.4, 0.5) is 0 Å². The predicted molar refractivity (Wildman–Crippen MR) is 103 cm³/mol. The van der Waals surface area contributed by atoms with Gasteiger partial charge in [-0.25, -0.2) is 4.57 Å². The Hall–Kier alpha value is -1.26. The molecule has 0 spiro atoms. The molecule has 0 fully saturated rings. The summed E-state index contributed by atoms with van der Waals surface area (Å²) in [7, 11) is 0. The van der Waals surface area contributed by atoms with Gasteiger partial charge in [0.1, 0.15) is 0 Å². The third-order valence-corrected chi connectivity index (χ3v) is 7.96. The van der Waals surface area contributed by atoms with E-state index in [-0.39, 0.29) is 23.2 Å². The van der Waals surface area contributed by atoms with Crippen LogP contribution in [0.2, 0.25) is 5.02 Å². The van der Waals surface area contributed by atoms with Gasteiger partial charge < -0.3 is 4.52 Å². The Bertz CT molecular complexity index is 868. The van der Waals surface area contributed by atoms with E-state index < -0.39 is 6.80 Å². The molecule has 0 aliphatic heterocycles.